The molecule has 7 heteroatoms. The van der Waals surface area contributed by atoms with E-state index in [0.717, 1.165) is 33.5 Å². The fraction of sp³-hybridized carbons (Fsp3) is 0.412. The highest BCUT2D eigenvalue weighted by Crippen LogP contribution is 2.23. The molecule has 24 heavy (non-hydrogen) atoms. The number of aliphatic carboxylic acids is 1. The second-order valence-electron chi connectivity index (χ2n) is 5.73. The highest BCUT2D eigenvalue weighted by atomic mass is 32.2. The van der Waals surface area contributed by atoms with Gasteiger partial charge in [-0.2, -0.15) is 5.10 Å². The summed E-state index contributed by atoms with van der Waals surface area (Å²) in [5.74, 6) is -1.13. The molecule has 1 heterocycles. The van der Waals surface area contributed by atoms with E-state index in [1.807, 2.05) is 32.0 Å². The van der Waals surface area contributed by atoms with Gasteiger partial charge in [0.2, 0.25) is 5.91 Å². The molecule has 1 unspecified atom stereocenters. The first-order chi connectivity index (χ1) is 11.3. The molecule has 0 bridgehead atoms. The standard InChI is InChI=1S/C17H20N2O4S/c1-10-4-5-13(8-11(10)2)14-9-15(17(22)23)19(18-14)16(21)6-7-24-12(3)20/h4-5,8,15H,6-7,9H2,1-3H3,(H,22,23). The Bertz CT molecular complexity index is 715. The number of nitrogens with zero attached hydrogens (tertiary/aromatic N) is 2. The zero-order valence-electron chi connectivity index (χ0n) is 13.9. The van der Waals surface area contributed by atoms with E-state index in [1.165, 1.54) is 6.92 Å². The molecular weight excluding hydrogens is 328 g/mol. The molecule has 1 aliphatic heterocycles. The topological polar surface area (TPSA) is 87.0 Å². The summed E-state index contributed by atoms with van der Waals surface area (Å²) in [5.41, 5.74) is 3.65. The van der Waals surface area contributed by atoms with Gasteiger partial charge in [-0.25, -0.2) is 9.80 Å². The second-order valence-corrected chi connectivity index (χ2v) is 7.00. The van der Waals surface area contributed by atoms with E-state index in [4.69, 9.17) is 0 Å². The van der Waals surface area contributed by atoms with Crippen molar-refractivity contribution in [2.24, 2.45) is 5.10 Å². The van der Waals surface area contributed by atoms with E-state index < -0.39 is 12.0 Å². The molecule has 6 nitrogen and oxygen atoms in total. The summed E-state index contributed by atoms with van der Waals surface area (Å²) in [6.07, 6.45) is 0.265. The van der Waals surface area contributed by atoms with Crippen molar-refractivity contribution in [3.8, 4) is 0 Å². The summed E-state index contributed by atoms with van der Waals surface area (Å²) in [6.45, 7) is 5.41. The zero-order valence-corrected chi connectivity index (χ0v) is 14.7. The Morgan fingerprint density at radius 2 is 2.00 bits per heavy atom. The van der Waals surface area contributed by atoms with E-state index in [1.54, 1.807) is 0 Å². The Hall–Kier alpha value is -2.15. The molecule has 0 saturated heterocycles. The third-order valence-corrected chi connectivity index (χ3v) is 4.73. The van der Waals surface area contributed by atoms with Crippen LogP contribution in [0.1, 0.15) is 36.5 Å². The number of carbonyl (C=O) groups excluding carboxylic acids is 2. The molecule has 128 valence electrons. The molecule has 1 aromatic carbocycles. The third-order valence-electron chi connectivity index (χ3n) is 3.91. The quantitative estimate of drug-likeness (QED) is 0.883. The lowest BCUT2D eigenvalue weighted by Gasteiger charge is -2.17. The minimum atomic E-state index is -1.08. The van der Waals surface area contributed by atoms with Gasteiger partial charge in [0.25, 0.3) is 0 Å². The van der Waals surface area contributed by atoms with Crippen LogP contribution in [0.4, 0.5) is 0 Å². The van der Waals surface area contributed by atoms with E-state index in [0.29, 0.717) is 11.5 Å². The normalized spacial score (nSPS) is 16.9. The van der Waals surface area contributed by atoms with Crippen LogP contribution < -0.4 is 0 Å². The number of hydrazone groups is 1. The van der Waals surface area contributed by atoms with Gasteiger partial charge >= 0.3 is 5.97 Å². The fourth-order valence-corrected chi connectivity index (χ4v) is 2.99. The van der Waals surface area contributed by atoms with Crippen LogP contribution in [0.2, 0.25) is 0 Å². The summed E-state index contributed by atoms with van der Waals surface area (Å²) >= 11 is 1.05. The van der Waals surface area contributed by atoms with Crippen LogP contribution in [0.5, 0.6) is 0 Å². The minimum Gasteiger partial charge on any atom is -0.480 e. The number of carbonyl (C=O) groups is 3. The summed E-state index contributed by atoms with van der Waals surface area (Å²) < 4.78 is 0. The molecule has 0 radical (unpaired) electrons. The summed E-state index contributed by atoms with van der Waals surface area (Å²) in [5, 5.41) is 14.6. The maximum atomic E-state index is 12.3. The Morgan fingerprint density at radius 3 is 2.58 bits per heavy atom. The van der Waals surface area contributed by atoms with Crippen molar-refractivity contribution in [1.29, 1.82) is 0 Å². The predicted octanol–water partition coefficient (Wildman–Crippen LogP) is 2.36. The number of thioether (sulfide) groups is 1. The van der Waals surface area contributed by atoms with Gasteiger partial charge in [-0.05, 0) is 36.6 Å². The van der Waals surface area contributed by atoms with E-state index in [9.17, 15) is 19.5 Å². The van der Waals surface area contributed by atoms with Crippen LogP contribution in [0.3, 0.4) is 0 Å². The molecule has 1 amide bonds. The maximum Gasteiger partial charge on any atom is 0.329 e. The van der Waals surface area contributed by atoms with E-state index in [-0.39, 0.29) is 23.9 Å². The molecule has 1 N–H and O–H groups in total. The van der Waals surface area contributed by atoms with Crippen molar-refractivity contribution in [2.75, 3.05) is 5.75 Å². The Kier molecular flexibility index (Phi) is 5.77. The van der Waals surface area contributed by atoms with Crippen LogP contribution in [0.25, 0.3) is 0 Å². The molecule has 2 rings (SSSR count). The second kappa shape index (κ2) is 7.61. The molecule has 0 spiro atoms. The van der Waals surface area contributed by atoms with Gasteiger partial charge in [0, 0.05) is 25.5 Å². The van der Waals surface area contributed by atoms with E-state index in [2.05, 4.69) is 5.10 Å². The number of amides is 1. The summed E-state index contributed by atoms with van der Waals surface area (Å²) in [4.78, 5) is 34.7. The molecule has 0 fully saturated rings. The van der Waals surface area contributed by atoms with Crippen molar-refractivity contribution in [3.63, 3.8) is 0 Å². The monoisotopic (exact) mass is 348 g/mol. The number of hydrogen-bond acceptors (Lipinski definition) is 5. The fourth-order valence-electron chi connectivity index (χ4n) is 2.42. The van der Waals surface area contributed by atoms with Crippen LogP contribution in [-0.2, 0) is 14.4 Å². The largest absolute Gasteiger partial charge is 0.480 e. The predicted molar refractivity (Wildman–Crippen MR) is 93.1 cm³/mol. The maximum absolute atomic E-state index is 12.3. The summed E-state index contributed by atoms with van der Waals surface area (Å²) in [7, 11) is 0. The molecule has 0 saturated carbocycles. The molecular formula is C17H20N2O4S. The van der Waals surface area contributed by atoms with Crippen molar-refractivity contribution >= 4 is 34.5 Å². The zero-order chi connectivity index (χ0) is 17.9. The SMILES string of the molecule is CC(=O)SCCC(=O)N1N=C(c2ccc(C)c(C)c2)CC1C(=O)O. The number of carboxylic acid groups (broad SMARTS) is 1. The highest BCUT2D eigenvalue weighted by Gasteiger charge is 2.36. The first-order valence-corrected chi connectivity index (χ1v) is 8.61. The lowest BCUT2D eigenvalue weighted by Crippen LogP contribution is -2.38. The number of carboxylic acids is 1. The molecule has 0 aromatic heterocycles. The highest BCUT2D eigenvalue weighted by molar-refractivity contribution is 8.13. The van der Waals surface area contributed by atoms with Gasteiger partial charge < -0.3 is 5.11 Å². The molecule has 1 aromatic rings. The average Bonchev–Trinajstić information content (AvgIpc) is 2.95. The summed E-state index contributed by atoms with van der Waals surface area (Å²) in [6, 6.07) is 4.81. The van der Waals surface area contributed by atoms with Gasteiger partial charge in [0.1, 0.15) is 0 Å². The van der Waals surface area contributed by atoms with Gasteiger partial charge in [-0.15, -0.1) is 0 Å². The Balaban J connectivity index is 2.19. The van der Waals surface area contributed by atoms with Gasteiger partial charge in [-0.1, -0.05) is 23.9 Å². The van der Waals surface area contributed by atoms with Crippen LogP contribution >= 0.6 is 11.8 Å². The van der Waals surface area contributed by atoms with Gasteiger partial charge in [0.05, 0.1) is 5.71 Å². The number of aryl methyl sites for hydroxylation is 2. The average molecular weight is 348 g/mol. The minimum absolute atomic E-state index is 0.0710. The van der Waals surface area contributed by atoms with Crippen molar-refractivity contribution in [2.45, 2.75) is 39.7 Å². The lowest BCUT2D eigenvalue weighted by molar-refractivity contribution is -0.148. The number of hydrogen-bond donors (Lipinski definition) is 1. The van der Waals surface area contributed by atoms with Crippen molar-refractivity contribution in [1.82, 2.24) is 5.01 Å². The smallest absolute Gasteiger partial charge is 0.329 e. The number of rotatable bonds is 5. The van der Waals surface area contributed by atoms with Crippen LogP contribution in [0.15, 0.2) is 23.3 Å². The molecule has 0 aliphatic carbocycles. The first kappa shape index (κ1) is 18.2. The third kappa shape index (κ3) is 4.23. The van der Waals surface area contributed by atoms with Crippen LogP contribution in [-0.4, -0.2) is 44.6 Å². The number of benzene rings is 1. The lowest BCUT2D eigenvalue weighted by atomic mass is 10.00. The molecule has 1 aliphatic rings. The molecule has 1 atom stereocenters. The first-order valence-electron chi connectivity index (χ1n) is 7.63. The Morgan fingerprint density at radius 1 is 1.29 bits per heavy atom. The van der Waals surface area contributed by atoms with Gasteiger partial charge in [-0.3, -0.25) is 9.59 Å². The van der Waals surface area contributed by atoms with E-state index >= 15 is 0 Å². The van der Waals surface area contributed by atoms with Crippen molar-refractivity contribution < 1.29 is 19.5 Å². The van der Waals surface area contributed by atoms with Gasteiger partial charge in [0.15, 0.2) is 11.2 Å². The Labute approximate surface area is 144 Å². The van der Waals surface area contributed by atoms with Crippen molar-refractivity contribution in [3.05, 3.63) is 34.9 Å². The van der Waals surface area contributed by atoms with Crippen LogP contribution in [0, 0.1) is 13.8 Å².